The van der Waals surface area contributed by atoms with Crippen molar-refractivity contribution in [1.82, 2.24) is 15.1 Å². The number of aromatic nitrogens is 2. The Hall–Kier alpha value is -2.05. The highest BCUT2D eigenvalue weighted by molar-refractivity contribution is 5.53. The summed E-state index contributed by atoms with van der Waals surface area (Å²) in [6, 6.07) is 6.51. The molecule has 1 fully saturated rings. The molecule has 1 aliphatic carbocycles. The number of hydrogen-bond donors (Lipinski definition) is 1. The molecule has 1 N–H and O–H groups in total. The van der Waals surface area contributed by atoms with Gasteiger partial charge in [0.25, 0.3) is 5.89 Å². The second-order valence-electron chi connectivity index (χ2n) is 10.0. The maximum Gasteiger partial charge on any atom is 0.250 e. The van der Waals surface area contributed by atoms with Crippen LogP contribution in [0.1, 0.15) is 45.9 Å². The third-order valence-electron chi connectivity index (χ3n) is 7.51. The van der Waals surface area contributed by atoms with Gasteiger partial charge in [0, 0.05) is 19.6 Å². The second-order valence-corrected chi connectivity index (χ2v) is 10.0. The zero-order valence-corrected chi connectivity index (χ0v) is 19.5. The van der Waals surface area contributed by atoms with E-state index in [1.54, 1.807) is 18.2 Å². The van der Waals surface area contributed by atoms with Gasteiger partial charge in [-0.1, -0.05) is 37.6 Å². The molecule has 0 unspecified atom stereocenters. The van der Waals surface area contributed by atoms with Gasteiger partial charge in [-0.3, -0.25) is 0 Å². The Kier molecular flexibility index (Phi) is 7.41. The van der Waals surface area contributed by atoms with E-state index in [1.165, 1.54) is 11.6 Å². The van der Waals surface area contributed by atoms with E-state index in [1.807, 2.05) is 0 Å². The van der Waals surface area contributed by atoms with Crippen LogP contribution in [0.15, 0.2) is 40.3 Å². The summed E-state index contributed by atoms with van der Waals surface area (Å²) in [7, 11) is 0. The molecule has 1 aliphatic heterocycles. The summed E-state index contributed by atoms with van der Waals surface area (Å²) in [6.45, 7) is 10.5. The van der Waals surface area contributed by atoms with Gasteiger partial charge < -0.3 is 14.4 Å². The Morgan fingerprint density at radius 1 is 1.19 bits per heavy atom. The van der Waals surface area contributed by atoms with Crippen molar-refractivity contribution in [3.05, 3.63) is 47.6 Å². The highest BCUT2D eigenvalue weighted by Crippen LogP contribution is 2.39. The van der Waals surface area contributed by atoms with Crippen LogP contribution >= 0.6 is 0 Å². The Morgan fingerprint density at radius 2 is 1.94 bits per heavy atom. The van der Waals surface area contributed by atoms with E-state index >= 15 is 0 Å². The number of rotatable bonds is 7. The molecule has 2 heterocycles. The Morgan fingerprint density at radius 3 is 2.62 bits per heavy atom. The SMILES string of the molecule is CC1=C[C@@H](CN2CCC(CO)CC2)[C@H](C(C)C)C[C@H]1Cc1nnc(-c2ccccc2F)o1. The fourth-order valence-corrected chi connectivity index (χ4v) is 5.43. The van der Waals surface area contributed by atoms with E-state index in [9.17, 15) is 9.50 Å². The molecule has 6 heteroatoms. The van der Waals surface area contributed by atoms with Gasteiger partial charge >= 0.3 is 0 Å². The van der Waals surface area contributed by atoms with E-state index in [-0.39, 0.29) is 11.7 Å². The van der Waals surface area contributed by atoms with E-state index in [4.69, 9.17) is 4.42 Å². The molecule has 0 radical (unpaired) electrons. The Labute approximate surface area is 190 Å². The molecule has 1 aromatic heterocycles. The van der Waals surface area contributed by atoms with Crippen molar-refractivity contribution in [1.29, 1.82) is 0 Å². The number of hydrogen-bond acceptors (Lipinski definition) is 5. The molecule has 0 amide bonds. The summed E-state index contributed by atoms with van der Waals surface area (Å²) in [6.07, 6.45) is 6.48. The van der Waals surface area contributed by atoms with Crippen LogP contribution in [-0.4, -0.2) is 46.4 Å². The lowest BCUT2D eigenvalue weighted by atomic mass is 9.69. The second kappa shape index (κ2) is 10.3. The van der Waals surface area contributed by atoms with Gasteiger partial charge in [0.1, 0.15) is 5.82 Å². The third-order valence-corrected chi connectivity index (χ3v) is 7.51. The summed E-state index contributed by atoms with van der Waals surface area (Å²) < 4.78 is 19.9. The van der Waals surface area contributed by atoms with Crippen LogP contribution in [0.25, 0.3) is 11.5 Å². The molecule has 3 atom stereocenters. The predicted molar refractivity (Wildman–Crippen MR) is 123 cm³/mol. The van der Waals surface area contributed by atoms with Crippen molar-refractivity contribution >= 4 is 0 Å². The monoisotopic (exact) mass is 441 g/mol. The van der Waals surface area contributed by atoms with Crippen molar-refractivity contribution < 1.29 is 13.9 Å². The van der Waals surface area contributed by atoms with Gasteiger partial charge in [-0.05, 0) is 81.0 Å². The molecule has 0 saturated carbocycles. The first kappa shape index (κ1) is 23.1. The van der Waals surface area contributed by atoms with Crippen molar-refractivity contribution in [2.24, 2.45) is 29.6 Å². The fraction of sp³-hybridized carbons (Fsp3) is 0.615. The van der Waals surface area contributed by atoms with Crippen LogP contribution in [0.4, 0.5) is 4.39 Å². The van der Waals surface area contributed by atoms with Crippen molar-refractivity contribution in [2.45, 2.75) is 46.5 Å². The van der Waals surface area contributed by atoms with Gasteiger partial charge in [-0.25, -0.2) is 4.39 Å². The molecule has 1 saturated heterocycles. The summed E-state index contributed by atoms with van der Waals surface area (Å²) in [5, 5.41) is 17.7. The van der Waals surface area contributed by atoms with Crippen molar-refractivity contribution in [3.8, 4) is 11.5 Å². The molecule has 0 bridgehead atoms. The largest absolute Gasteiger partial charge is 0.421 e. The first-order valence-electron chi connectivity index (χ1n) is 12.0. The number of nitrogens with zero attached hydrogens (tertiary/aromatic N) is 3. The number of halogens is 1. The van der Waals surface area contributed by atoms with Gasteiger partial charge in [-0.15, -0.1) is 10.2 Å². The first-order chi connectivity index (χ1) is 15.4. The number of piperidine rings is 1. The van der Waals surface area contributed by atoms with Crippen LogP contribution in [0, 0.1) is 35.4 Å². The molecular weight excluding hydrogens is 405 g/mol. The number of likely N-dealkylation sites (tertiary alicyclic amines) is 1. The quantitative estimate of drug-likeness (QED) is 0.614. The van der Waals surface area contributed by atoms with E-state index in [0.717, 1.165) is 38.9 Å². The van der Waals surface area contributed by atoms with Crippen LogP contribution in [0.5, 0.6) is 0 Å². The van der Waals surface area contributed by atoms with Gasteiger partial charge in [0.15, 0.2) is 0 Å². The van der Waals surface area contributed by atoms with E-state index in [2.05, 4.69) is 41.9 Å². The van der Waals surface area contributed by atoms with Crippen molar-refractivity contribution in [2.75, 3.05) is 26.2 Å². The number of benzene rings is 1. The van der Waals surface area contributed by atoms with Crippen molar-refractivity contribution in [3.63, 3.8) is 0 Å². The Bertz CT molecular complexity index is 917. The van der Waals surface area contributed by atoms with Crippen LogP contribution in [-0.2, 0) is 6.42 Å². The summed E-state index contributed by atoms with van der Waals surface area (Å²) in [4.78, 5) is 2.58. The van der Waals surface area contributed by atoms with E-state index < -0.39 is 0 Å². The zero-order valence-electron chi connectivity index (χ0n) is 19.5. The standard InChI is InChI=1S/C26H36FN3O2/c1-17(2)23-13-20(14-25-28-29-26(32-25)22-6-4-5-7-24(22)27)18(3)12-21(23)15-30-10-8-19(16-31)9-11-30/h4-7,12,17,19-21,23,31H,8-11,13-16H2,1-3H3/t20-,21-,23-/m0/s1. The lowest BCUT2D eigenvalue weighted by Crippen LogP contribution is -2.41. The van der Waals surface area contributed by atoms with Crippen LogP contribution < -0.4 is 0 Å². The summed E-state index contributed by atoms with van der Waals surface area (Å²) in [5.74, 6) is 3.08. The molecule has 174 valence electrons. The average Bonchev–Trinajstić information content (AvgIpc) is 3.24. The zero-order chi connectivity index (χ0) is 22.7. The molecule has 1 aromatic carbocycles. The molecule has 4 rings (SSSR count). The third kappa shape index (κ3) is 5.29. The topological polar surface area (TPSA) is 62.4 Å². The number of aliphatic hydroxyl groups is 1. The van der Waals surface area contributed by atoms with Crippen LogP contribution in [0.3, 0.4) is 0 Å². The number of allylic oxidation sites excluding steroid dienone is 1. The molecule has 2 aromatic rings. The maximum atomic E-state index is 14.1. The van der Waals surface area contributed by atoms with Crippen LogP contribution in [0.2, 0.25) is 0 Å². The highest BCUT2D eigenvalue weighted by atomic mass is 19.1. The fourth-order valence-electron chi connectivity index (χ4n) is 5.43. The van der Waals surface area contributed by atoms with Gasteiger partial charge in [0.05, 0.1) is 5.56 Å². The lowest BCUT2D eigenvalue weighted by molar-refractivity contribution is 0.103. The average molecular weight is 442 g/mol. The molecule has 5 nitrogen and oxygen atoms in total. The summed E-state index contributed by atoms with van der Waals surface area (Å²) in [5.41, 5.74) is 1.75. The first-order valence-corrected chi connectivity index (χ1v) is 12.0. The summed E-state index contributed by atoms with van der Waals surface area (Å²) >= 11 is 0. The highest BCUT2D eigenvalue weighted by Gasteiger charge is 2.34. The minimum absolute atomic E-state index is 0.250. The lowest BCUT2D eigenvalue weighted by Gasteiger charge is -2.40. The molecular formula is C26H36FN3O2. The van der Waals surface area contributed by atoms with Gasteiger partial charge in [0.2, 0.25) is 5.89 Å². The molecule has 2 aliphatic rings. The minimum Gasteiger partial charge on any atom is -0.421 e. The number of aliphatic hydroxyl groups excluding tert-OH is 1. The van der Waals surface area contributed by atoms with E-state index in [0.29, 0.717) is 54.1 Å². The maximum absolute atomic E-state index is 14.1. The predicted octanol–water partition coefficient (Wildman–Crippen LogP) is 4.98. The molecule has 0 spiro atoms. The normalized spacial score (nSPS) is 25.3. The smallest absolute Gasteiger partial charge is 0.250 e. The van der Waals surface area contributed by atoms with Gasteiger partial charge in [-0.2, -0.15) is 0 Å². The minimum atomic E-state index is -0.345. The molecule has 32 heavy (non-hydrogen) atoms. The Balaban J connectivity index is 1.43.